The van der Waals surface area contributed by atoms with Crippen molar-refractivity contribution in [2.75, 3.05) is 19.6 Å². The fourth-order valence-corrected chi connectivity index (χ4v) is 2.99. The van der Waals surface area contributed by atoms with Gasteiger partial charge in [0.05, 0.1) is 6.42 Å². The van der Waals surface area contributed by atoms with Crippen LogP contribution in [0.1, 0.15) is 32.1 Å². The van der Waals surface area contributed by atoms with E-state index in [1.54, 1.807) is 0 Å². The van der Waals surface area contributed by atoms with Crippen LogP contribution in [0, 0.1) is 11.8 Å². The van der Waals surface area contributed by atoms with Crippen molar-refractivity contribution < 1.29 is 14.7 Å². The zero-order chi connectivity index (χ0) is 12.3. The van der Waals surface area contributed by atoms with Crippen LogP contribution in [0.25, 0.3) is 0 Å². The van der Waals surface area contributed by atoms with Gasteiger partial charge in [0.15, 0.2) is 0 Å². The second-order valence-corrected chi connectivity index (χ2v) is 5.18. The summed E-state index contributed by atoms with van der Waals surface area (Å²) in [6.07, 6.45) is 5.01. The Morgan fingerprint density at radius 3 is 2.47 bits per heavy atom. The molecule has 2 N–H and O–H groups in total. The van der Waals surface area contributed by atoms with Crippen LogP contribution in [0.4, 0.5) is 4.79 Å². The molecule has 2 rings (SSSR count). The standard InChI is InChI=1S/C12H20N2O3/c15-11(16)4-5-13-12(17)14-7-9-2-1-3-10(6-9)8-14/h9-10H,1-8H2,(H,13,17)(H,15,16). The Kier molecular flexibility index (Phi) is 3.86. The molecular weight excluding hydrogens is 220 g/mol. The monoisotopic (exact) mass is 240 g/mol. The summed E-state index contributed by atoms with van der Waals surface area (Å²) in [4.78, 5) is 24.0. The first kappa shape index (κ1) is 12.2. The molecule has 17 heavy (non-hydrogen) atoms. The fraction of sp³-hybridized carbons (Fsp3) is 0.833. The van der Waals surface area contributed by atoms with Crippen LogP contribution in [0.5, 0.6) is 0 Å². The van der Waals surface area contributed by atoms with Gasteiger partial charge in [-0.25, -0.2) is 4.79 Å². The van der Waals surface area contributed by atoms with Gasteiger partial charge < -0.3 is 15.3 Å². The lowest BCUT2D eigenvalue weighted by Gasteiger charge is -2.41. The highest BCUT2D eigenvalue weighted by atomic mass is 16.4. The zero-order valence-corrected chi connectivity index (χ0v) is 10.0. The van der Waals surface area contributed by atoms with E-state index in [1.165, 1.54) is 25.7 Å². The van der Waals surface area contributed by atoms with Gasteiger partial charge in [0, 0.05) is 19.6 Å². The first-order valence-corrected chi connectivity index (χ1v) is 6.39. The minimum absolute atomic E-state index is 0.00750. The first-order chi connectivity index (χ1) is 8.15. The molecule has 96 valence electrons. The van der Waals surface area contributed by atoms with Crippen molar-refractivity contribution >= 4 is 12.0 Å². The summed E-state index contributed by atoms with van der Waals surface area (Å²) in [7, 11) is 0. The van der Waals surface area contributed by atoms with Crippen molar-refractivity contribution in [1.29, 1.82) is 0 Å². The largest absolute Gasteiger partial charge is 0.481 e. The first-order valence-electron chi connectivity index (χ1n) is 6.39. The van der Waals surface area contributed by atoms with Gasteiger partial charge in [-0.1, -0.05) is 6.42 Å². The Morgan fingerprint density at radius 2 is 1.88 bits per heavy atom. The van der Waals surface area contributed by atoms with Crippen molar-refractivity contribution in [3.63, 3.8) is 0 Å². The number of hydrogen-bond acceptors (Lipinski definition) is 2. The number of carbonyl (C=O) groups excluding carboxylic acids is 1. The van der Waals surface area contributed by atoms with E-state index in [-0.39, 0.29) is 19.0 Å². The molecule has 5 nitrogen and oxygen atoms in total. The molecule has 1 saturated heterocycles. The maximum Gasteiger partial charge on any atom is 0.317 e. The fourth-order valence-electron chi connectivity index (χ4n) is 2.99. The SMILES string of the molecule is O=C(O)CCNC(=O)N1CC2CCCC(C2)C1. The third kappa shape index (κ3) is 3.35. The maximum atomic E-state index is 11.8. The van der Waals surface area contributed by atoms with Crippen molar-refractivity contribution in [1.82, 2.24) is 10.2 Å². The Balaban J connectivity index is 1.77. The van der Waals surface area contributed by atoms with E-state index < -0.39 is 5.97 Å². The smallest absolute Gasteiger partial charge is 0.317 e. The molecule has 0 aromatic heterocycles. The minimum atomic E-state index is -0.874. The van der Waals surface area contributed by atoms with Crippen LogP contribution in [0.15, 0.2) is 0 Å². The van der Waals surface area contributed by atoms with E-state index in [4.69, 9.17) is 5.11 Å². The molecule has 1 aliphatic carbocycles. The molecule has 0 aromatic carbocycles. The second-order valence-electron chi connectivity index (χ2n) is 5.18. The third-order valence-electron chi connectivity index (χ3n) is 3.75. The number of aliphatic carboxylic acids is 1. The Bertz CT molecular complexity index is 294. The van der Waals surface area contributed by atoms with Crippen molar-refractivity contribution in [2.24, 2.45) is 11.8 Å². The number of urea groups is 1. The summed E-state index contributed by atoms with van der Waals surface area (Å²) in [6.45, 7) is 1.91. The summed E-state index contributed by atoms with van der Waals surface area (Å²) in [6, 6.07) is -0.0946. The van der Waals surface area contributed by atoms with E-state index >= 15 is 0 Å². The lowest BCUT2D eigenvalue weighted by Crippen LogP contribution is -2.49. The summed E-state index contributed by atoms with van der Waals surface area (Å²) in [5.41, 5.74) is 0. The molecular formula is C12H20N2O3. The lowest BCUT2D eigenvalue weighted by molar-refractivity contribution is -0.136. The van der Waals surface area contributed by atoms with Gasteiger partial charge in [-0.15, -0.1) is 0 Å². The molecule has 2 atom stereocenters. The number of rotatable bonds is 3. The number of carboxylic acids is 1. The van der Waals surface area contributed by atoms with Gasteiger partial charge in [0.1, 0.15) is 0 Å². The van der Waals surface area contributed by atoms with Crippen LogP contribution in [-0.4, -0.2) is 41.6 Å². The number of fused-ring (bicyclic) bond motifs is 2. The highest BCUT2D eigenvalue weighted by Crippen LogP contribution is 2.34. The van der Waals surface area contributed by atoms with Crippen LogP contribution in [-0.2, 0) is 4.79 Å². The van der Waals surface area contributed by atoms with Gasteiger partial charge in [-0.3, -0.25) is 4.79 Å². The molecule has 2 fully saturated rings. The quantitative estimate of drug-likeness (QED) is 0.781. The number of likely N-dealkylation sites (tertiary alicyclic amines) is 1. The number of nitrogens with one attached hydrogen (secondary N) is 1. The number of carboxylic acid groups (broad SMARTS) is 1. The highest BCUT2D eigenvalue weighted by molar-refractivity contribution is 5.75. The van der Waals surface area contributed by atoms with Gasteiger partial charge in [0.2, 0.25) is 0 Å². The van der Waals surface area contributed by atoms with Crippen molar-refractivity contribution in [3.8, 4) is 0 Å². The van der Waals surface area contributed by atoms with E-state index in [2.05, 4.69) is 5.32 Å². The minimum Gasteiger partial charge on any atom is -0.481 e. The van der Waals surface area contributed by atoms with Crippen LogP contribution >= 0.6 is 0 Å². The van der Waals surface area contributed by atoms with Gasteiger partial charge in [-0.05, 0) is 31.1 Å². The molecule has 1 saturated carbocycles. The Labute approximate surface area is 101 Å². The number of carbonyl (C=O) groups is 2. The maximum absolute atomic E-state index is 11.8. The molecule has 0 aromatic rings. The average Bonchev–Trinajstić information content (AvgIpc) is 2.27. The van der Waals surface area contributed by atoms with E-state index in [1.807, 2.05) is 4.90 Å². The number of nitrogens with zero attached hydrogens (tertiary/aromatic N) is 1. The number of piperidine rings is 1. The van der Waals surface area contributed by atoms with Crippen LogP contribution in [0.3, 0.4) is 0 Å². The van der Waals surface area contributed by atoms with E-state index in [0.29, 0.717) is 11.8 Å². The molecule has 0 radical (unpaired) electrons. The predicted octanol–water partition coefficient (Wildman–Crippen LogP) is 1.29. The summed E-state index contributed by atoms with van der Waals surface area (Å²) in [5, 5.41) is 11.2. The van der Waals surface area contributed by atoms with Gasteiger partial charge >= 0.3 is 12.0 Å². The molecule has 5 heteroatoms. The molecule has 1 heterocycles. The lowest BCUT2D eigenvalue weighted by atomic mass is 9.78. The van der Waals surface area contributed by atoms with Crippen molar-refractivity contribution in [3.05, 3.63) is 0 Å². The zero-order valence-electron chi connectivity index (χ0n) is 10.0. The van der Waals surface area contributed by atoms with Crippen LogP contribution in [0.2, 0.25) is 0 Å². The highest BCUT2D eigenvalue weighted by Gasteiger charge is 2.32. The second kappa shape index (κ2) is 5.38. The normalized spacial score (nSPS) is 27.6. The van der Waals surface area contributed by atoms with Gasteiger partial charge in [-0.2, -0.15) is 0 Å². The molecule has 1 aliphatic heterocycles. The molecule has 2 unspecified atom stereocenters. The summed E-state index contributed by atoms with van der Waals surface area (Å²) < 4.78 is 0. The number of amides is 2. The third-order valence-corrected chi connectivity index (χ3v) is 3.75. The van der Waals surface area contributed by atoms with Gasteiger partial charge in [0.25, 0.3) is 0 Å². The van der Waals surface area contributed by atoms with Crippen molar-refractivity contribution in [2.45, 2.75) is 32.1 Å². The van der Waals surface area contributed by atoms with E-state index in [9.17, 15) is 9.59 Å². The average molecular weight is 240 g/mol. The molecule has 2 amide bonds. The van der Waals surface area contributed by atoms with Crippen LogP contribution < -0.4 is 5.32 Å². The Hall–Kier alpha value is -1.26. The Morgan fingerprint density at radius 1 is 1.24 bits per heavy atom. The topological polar surface area (TPSA) is 69.6 Å². The number of hydrogen-bond donors (Lipinski definition) is 2. The predicted molar refractivity (Wildman–Crippen MR) is 62.7 cm³/mol. The summed E-state index contributed by atoms with van der Waals surface area (Å²) in [5.74, 6) is 0.446. The summed E-state index contributed by atoms with van der Waals surface area (Å²) >= 11 is 0. The molecule has 0 spiro atoms. The molecule has 2 bridgehead atoms. The molecule has 2 aliphatic rings. The van der Waals surface area contributed by atoms with E-state index in [0.717, 1.165) is 13.1 Å².